The third-order valence-corrected chi connectivity index (χ3v) is 3.28. The minimum Gasteiger partial charge on any atom is -0.311 e. The normalized spacial score (nSPS) is 12.8. The third kappa shape index (κ3) is 2.89. The summed E-state index contributed by atoms with van der Waals surface area (Å²) in [7, 11) is 1.95. The van der Waals surface area contributed by atoms with E-state index in [1.54, 1.807) is 17.7 Å². The summed E-state index contributed by atoms with van der Waals surface area (Å²) in [5, 5.41) is 9.58. The molecule has 17 heavy (non-hydrogen) atoms. The monoisotopic (exact) mass is 251 g/mol. The molecule has 1 atom stereocenters. The first-order chi connectivity index (χ1) is 8.35. The molecule has 92 valence electrons. The third-order valence-electron chi connectivity index (χ3n) is 2.67. The Morgan fingerprint density at radius 3 is 3.00 bits per heavy atom. The summed E-state index contributed by atoms with van der Waals surface area (Å²) in [5.41, 5.74) is 2.93. The fourth-order valence-corrected chi connectivity index (χ4v) is 2.38. The predicted molar refractivity (Wildman–Crippen MR) is 67.9 cm³/mol. The Labute approximate surface area is 105 Å². The maximum atomic E-state index is 4.34. The number of rotatable bonds is 6. The van der Waals surface area contributed by atoms with Crippen LogP contribution in [0.25, 0.3) is 0 Å². The van der Waals surface area contributed by atoms with Crippen LogP contribution < -0.4 is 5.32 Å². The lowest BCUT2D eigenvalue weighted by Crippen LogP contribution is -2.21. The summed E-state index contributed by atoms with van der Waals surface area (Å²) in [6.45, 7) is 3.06. The molecule has 1 N–H and O–H groups in total. The maximum absolute atomic E-state index is 4.34. The van der Waals surface area contributed by atoms with E-state index >= 15 is 0 Å². The first-order valence-corrected chi connectivity index (χ1v) is 6.71. The Morgan fingerprint density at radius 2 is 2.35 bits per heavy atom. The number of hydrogen-bond acceptors (Lipinski definition) is 5. The van der Waals surface area contributed by atoms with Gasteiger partial charge in [0.15, 0.2) is 0 Å². The van der Waals surface area contributed by atoms with Crippen LogP contribution in [0, 0.1) is 0 Å². The average molecular weight is 251 g/mol. The van der Waals surface area contributed by atoms with Crippen LogP contribution in [0.2, 0.25) is 0 Å². The standard InChI is InChI=1S/C11H17N5S/c1-3-4-16-11(13-7-15-16)5-9(12-2)10-6-17-8-14-10/h6-9,12H,3-5H2,1-2H3. The van der Waals surface area contributed by atoms with Gasteiger partial charge in [0.25, 0.3) is 0 Å². The van der Waals surface area contributed by atoms with E-state index in [9.17, 15) is 0 Å². The molecule has 0 fully saturated rings. The first kappa shape index (κ1) is 12.2. The van der Waals surface area contributed by atoms with Gasteiger partial charge in [-0.15, -0.1) is 11.3 Å². The van der Waals surface area contributed by atoms with Crippen LogP contribution >= 0.6 is 11.3 Å². The molecule has 0 saturated heterocycles. The zero-order valence-electron chi connectivity index (χ0n) is 10.1. The van der Waals surface area contributed by atoms with Crippen molar-refractivity contribution in [1.82, 2.24) is 25.1 Å². The Bertz CT molecular complexity index is 436. The molecule has 6 heteroatoms. The molecule has 0 amide bonds. The number of thiazole rings is 1. The lowest BCUT2D eigenvalue weighted by Gasteiger charge is -2.13. The summed E-state index contributed by atoms with van der Waals surface area (Å²) in [6, 6.07) is 0.209. The smallest absolute Gasteiger partial charge is 0.138 e. The van der Waals surface area contributed by atoms with E-state index < -0.39 is 0 Å². The summed E-state index contributed by atoms with van der Waals surface area (Å²) < 4.78 is 1.97. The van der Waals surface area contributed by atoms with E-state index in [2.05, 4.69) is 32.7 Å². The Hall–Kier alpha value is -1.27. The lowest BCUT2D eigenvalue weighted by atomic mass is 10.1. The molecule has 0 aliphatic carbocycles. The molecule has 2 rings (SSSR count). The summed E-state index contributed by atoms with van der Waals surface area (Å²) in [4.78, 5) is 8.66. The highest BCUT2D eigenvalue weighted by molar-refractivity contribution is 7.07. The highest BCUT2D eigenvalue weighted by Gasteiger charge is 2.15. The molecular formula is C11H17N5S. The second-order valence-corrected chi connectivity index (χ2v) is 4.58. The van der Waals surface area contributed by atoms with Crippen molar-refractivity contribution >= 4 is 11.3 Å². The molecule has 0 spiro atoms. The van der Waals surface area contributed by atoms with Crippen molar-refractivity contribution in [3.05, 3.63) is 28.7 Å². The van der Waals surface area contributed by atoms with E-state index in [0.29, 0.717) is 0 Å². The van der Waals surface area contributed by atoms with Crippen LogP contribution in [-0.2, 0) is 13.0 Å². The van der Waals surface area contributed by atoms with Gasteiger partial charge in [-0.3, -0.25) is 4.68 Å². The molecule has 1 unspecified atom stereocenters. The zero-order chi connectivity index (χ0) is 12.1. The van der Waals surface area contributed by atoms with E-state index in [4.69, 9.17) is 0 Å². The quantitative estimate of drug-likeness (QED) is 0.848. The lowest BCUT2D eigenvalue weighted by molar-refractivity contribution is 0.511. The van der Waals surface area contributed by atoms with E-state index in [1.165, 1.54) is 0 Å². The second kappa shape index (κ2) is 5.88. The van der Waals surface area contributed by atoms with Crippen LogP contribution in [0.15, 0.2) is 17.2 Å². The highest BCUT2D eigenvalue weighted by atomic mass is 32.1. The molecule has 0 bridgehead atoms. The van der Waals surface area contributed by atoms with Crippen LogP contribution in [-0.4, -0.2) is 26.8 Å². The van der Waals surface area contributed by atoms with Crippen molar-refractivity contribution in [2.24, 2.45) is 0 Å². The van der Waals surface area contributed by atoms with Gasteiger partial charge >= 0.3 is 0 Å². The van der Waals surface area contributed by atoms with Crippen molar-refractivity contribution in [1.29, 1.82) is 0 Å². The second-order valence-electron chi connectivity index (χ2n) is 3.86. The zero-order valence-corrected chi connectivity index (χ0v) is 10.9. The van der Waals surface area contributed by atoms with E-state index in [1.807, 2.05) is 17.2 Å². The number of aromatic nitrogens is 4. The van der Waals surface area contributed by atoms with Gasteiger partial charge in [0.1, 0.15) is 12.2 Å². The molecule has 5 nitrogen and oxygen atoms in total. The van der Waals surface area contributed by atoms with Gasteiger partial charge in [-0.1, -0.05) is 6.92 Å². The summed E-state index contributed by atoms with van der Waals surface area (Å²) in [6.07, 6.45) is 3.51. The van der Waals surface area contributed by atoms with Crippen molar-refractivity contribution in [2.75, 3.05) is 7.05 Å². The number of nitrogens with zero attached hydrogens (tertiary/aromatic N) is 4. The fourth-order valence-electron chi connectivity index (χ4n) is 1.78. The number of nitrogens with one attached hydrogen (secondary N) is 1. The fraction of sp³-hybridized carbons (Fsp3) is 0.545. The number of likely N-dealkylation sites (N-methyl/N-ethyl adjacent to an activating group) is 1. The molecule has 2 aromatic heterocycles. The topological polar surface area (TPSA) is 55.6 Å². The maximum Gasteiger partial charge on any atom is 0.138 e. The minimum absolute atomic E-state index is 0.209. The van der Waals surface area contributed by atoms with Crippen molar-refractivity contribution in [2.45, 2.75) is 32.4 Å². The van der Waals surface area contributed by atoms with Crippen molar-refractivity contribution in [3.63, 3.8) is 0 Å². The largest absolute Gasteiger partial charge is 0.311 e. The van der Waals surface area contributed by atoms with Crippen LogP contribution in [0.3, 0.4) is 0 Å². The molecule has 0 aliphatic rings. The molecule has 2 heterocycles. The molecular weight excluding hydrogens is 234 g/mol. The summed E-state index contributed by atoms with van der Waals surface area (Å²) >= 11 is 1.62. The van der Waals surface area contributed by atoms with Crippen LogP contribution in [0.4, 0.5) is 0 Å². The van der Waals surface area contributed by atoms with Gasteiger partial charge in [0.2, 0.25) is 0 Å². The minimum atomic E-state index is 0.209. The SMILES string of the molecule is CCCn1ncnc1CC(NC)c1cscn1. The van der Waals surface area contributed by atoms with Crippen molar-refractivity contribution in [3.8, 4) is 0 Å². The molecule has 0 saturated carbocycles. The predicted octanol–water partition coefficient (Wildman–Crippen LogP) is 1.65. The van der Waals surface area contributed by atoms with Crippen molar-refractivity contribution < 1.29 is 0 Å². The summed E-state index contributed by atoms with van der Waals surface area (Å²) in [5.74, 6) is 1.01. The number of aryl methyl sites for hydroxylation is 1. The molecule has 0 aromatic carbocycles. The van der Waals surface area contributed by atoms with Gasteiger partial charge in [-0.05, 0) is 13.5 Å². The first-order valence-electron chi connectivity index (χ1n) is 5.77. The highest BCUT2D eigenvalue weighted by Crippen LogP contribution is 2.16. The number of hydrogen-bond donors (Lipinski definition) is 1. The molecule has 0 radical (unpaired) electrons. The molecule has 2 aromatic rings. The van der Waals surface area contributed by atoms with Gasteiger partial charge in [-0.25, -0.2) is 9.97 Å². The van der Waals surface area contributed by atoms with E-state index in [-0.39, 0.29) is 6.04 Å². The van der Waals surface area contributed by atoms with E-state index in [0.717, 1.165) is 30.9 Å². The van der Waals surface area contributed by atoms with Gasteiger partial charge in [0.05, 0.1) is 17.2 Å². The van der Waals surface area contributed by atoms with Gasteiger partial charge in [-0.2, -0.15) is 5.10 Å². The Kier molecular flexibility index (Phi) is 4.22. The Morgan fingerprint density at radius 1 is 1.47 bits per heavy atom. The Balaban J connectivity index is 2.10. The molecule has 0 aliphatic heterocycles. The van der Waals surface area contributed by atoms with Crippen LogP contribution in [0.5, 0.6) is 0 Å². The van der Waals surface area contributed by atoms with Crippen LogP contribution in [0.1, 0.15) is 30.9 Å². The van der Waals surface area contributed by atoms with Gasteiger partial charge in [0, 0.05) is 18.3 Å². The van der Waals surface area contributed by atoms with Gasteiger partial charge < -0.3 is 5.32 Å². The average Bonchev–Trinajstić information content (AvgIpc) is 2.97.